The van der Waals surface area contributed by atoms with E-state index in [0.29, 0.717) is 6.42 Å². The minimum Gasteiger partial charge on any atom is -0.334 e. The average molecular weight is 340 g/mol. The number of aromatic nitrogens is 2. The van der Waals surface area contributed by atoms with Crippen LogP contribution in [0.5, 0.6) is 0 Å². The van der Waals surface area contributed by atoms with Crippen molar-refractivity contribution in [1.29, 1.82) is 0 Å². The summed E-state index contributed by atoms with van der Waals surface area (Å²) >= 11 is 0. The molecule has 0 spiro atoms. The molecule has 5 nitrogen and oxygen atoms in total. The Hall–Kier alpha value is -2.14. The number of hydrogen-bond donors (Lipinski definition) is 0. The quantitative estimate of drug-likeness (QED) is 0.840. The number of aryl methyl sites for hydroxylation is 2. The van der Waals surface area contributed by atoms with Gasteiger partial charge in [-0.15, -0.1) is 0 Å². The van der Waals surface area contributed by atoms with Crippen molar-refractivity contribution in [1.82, 2.24) is 19.6 Å². The van der Waals surface area contributed by atoms with E-state index < -0.39 is 0 Å². The van der Waals surface area contributed by atoms with E-state index in [1.807, 2.05) is 28.8 Å². The second kappa shape index (κ2) is 7.40. The highest BCUT2D eigenvalue weighted by atomic mass is 16.2. The molecule has 0 unspecified atom stereocenters. The maximum Gasteiger partial charge on any atom is 0.227 e. The second-order valence-electron chi connectivity index (χ2n) is 7.33. The molecule has 0 saturated carbocycles. The number of carbonyl (C=O) groups excluding carboxylic acids is 1. The third-order valence-electron chi connectivity index (χ3n) is 4.83. The second-order valence-corrected chi connectivity index (χ2v) is 7.33. The molecule has 25 heavy (non-hydrogen) atoms. The predicted octanol–water partition coefficient (Wildman–Crippen LogP) is 2.70. The van der Waals surface area contributed by atoms with Crippen LogP contribution in [-0.2, 0) is 24.8 Å². The van der Waals surface area contributed by atoms with Gasteiger partial charge in [0.1, 0.15) is 0 Å². The summed E-state index contributed by atoms with van der Waals surface area (Å²) in [6, 6.07) is 10.5. The average Bonchev–Trinajstić information content (AvgIpc) is 3.14. The van der Waals surface area contributed by atoms with E-state index in [1.54, 1.807) is 0 Å². The first-order chi connectivity index (χ1) is 11.9. The zero-order valence-corrected chi connectivity index (χ0v) is 15.7. The van der Waals surface area contributed by atoms with Gasteiger partial charge in [-0.1, -0.05) is 29.8 Å². The maximum absolute atomic E-state index is 12.9. The van der Waals surface area contributed by atoms with E-state index >= 15 is 0 Å². The number of benzene rings is 1. The van der Waals surface area contributed by atoms with Gasteiger partial charge in [0.15, 0.2) is 0 Å². The van der Waals surface area contributed by atoms with Gasteiger partial charge < -0.3 is 9.80 Å². The van der Waals surface area contributed by atoms with Crippen molar-refractivity contribution in [2.75, 3.05) is 20.6 Å². The molecule has 1 atom stereocenters. The van der Waals surface area contributed by atoms with E-state index in [4.69, 9.17) is 5.10 Å². The lowest BCUT2D eigenvalue weighted by molar-refractivity contribution is -0.131. The van der Waals surface area contributed by atoms with Crippen molar-refractivity contribution in [2.24, 2.45) is 7.05 Å². The van der Waals surface area contributed by atoms with Crippen LogP contribution < -0.4 is 0 Å². The highest BCUT2D eigenvalue weighted by Gasteiger charge is 2.31. The topological polar surface area (TPSA) is 41.4 Å². The van der Waals surface area contributed by atoms with Crippen LogP contribution in [0, 0.1) is 6.92 Å². The summed E-state index contributed by atoms with van der Waals surface area (Å²) in [5.74, 6) is 0.202. The Morgan fingerprint density at radius 3 is 2.84 bits per heavy atom. The van der Waals surface area contributed by atoms with Gasteiger partial charge in [0.2, 0.25) is 5.91 Å². The van der Waals surface area contributed by atoms with Crippen LogP contribution in [0.15, 0.2) is 30.3 Å². The van der Waals surface area contributed by atoms with Crippen molar-refractivity contribution in [2.45, 2.75) is 38.8 Å². The first-order valence-corrected chi connectivity index (χ1v) is 8.96. The van der Waals surface area contributed by atoms with Crippen molar-refractivity contribution in [3.8, 4) is 0 Å². The maximum atomic E-state index is 12.9. The van der Waals surface area contributed by atoms with Gasteiger partial charge >= 0.3 is 0 Å². The van der Waals surface area contributed by atoms with E-state index in [9.17, 15) is 4.79 Å². The van der Waals surface area contributed by atoms with Crippen LogP contribution in [0.2, 0.25) is 0 Å². The molecule has 0 N–H and O–H groups in total. The molecule has 1 fully saturated rings. The zero-order valence-electron chi connectivity index (χ0n) is 15.7. The number of carbonyl (C=O) groups is 1. The Bertz CT molecular complexity index is 750. The van der Waals surface area contributed by atoms with Gasteiger partial charge in [0.05, 0.1) is 23.9 Å². The molecule has 1 amide bonds. The van der Waals surface area contributed by atoms with E-state index in [-0.39, 0.29) is 11.9 Å². The fourth-order valence-corrected chi connectivity index (χ4v) is 3.64. The minimum absolute atomic E-state index is 0.111. The third-order valence-corrected chi connectivity index (χ3v) is 4.83. The standard InChI is InChI=1S/C20H28N4O/c1-15-7-5-8-16(11-15)12-20(25)24-10-6-9-19(24)18-13-17(14-22(2)3)23(4)21-18/h5,7-8,11,13,19H,6,9-10,12,14H2,1-4H3/t19-/m1/s1. The molecule has 1 saturated heterocycles. The van der Waals surface area contributed by atoms with Gasteiger partial charge in [0.25, 0.3) is 0 Å². The van der Waals surface area contributed by atoms with Gasteiger partial charge in [-0.3, -0.25) is 9.48 Å². The Balaban J connectivity index is 1.75. The first-order valence-electron chi connectivity index (χ1n) is 8.96. The van der Waals surface area contributed by atoms with Crippen LogP contribution in [0.3, 0.4) is 0 Å². The molecule has 5 heteroatoms. The molecule has 1 aliphatic rings. The number of likely N-dealkylation sites (tertiary alicyclic amines) is 1. The summed E-state index contributed by atoms with van der Waals surface area (Å²) in [4.78, 5) is 17.0. The Morgan fingerprint density at radius 2 is 2.12 bits per heavy atom. The van der Waals surface area contributed by atoms with Crippen molar-refractivity contribution in [3.63, 3.8) is 0 Å². The molecular formula is C20H28N4O. The molecule has 1 aromatic carbocycles. The molecule has 1 aromatic heterocycles. The lowest BCUT2D eigenvalue weighted by Gasteiger charge is -2.23. The first kappa shape index (κ1) is 17.7. The fourth-order valence-electron chi connectivity index (χ4n) is 3.64. The smallest absolute Gasteiger partial charge is 0.227 e. The van der Waals surface area contributed by atoms with E-state index in [2.05, 4.69) is 44.1 Å². The Kier molecular flexibility index (Phi) is 5.23. The summed E-state index contributed by atoms with van der Waals surface area (Å²) in [5, 5.41) is 4.70. The molecule has 2 heterocycles. The molecule has 0 radical (unpaired) electrons. The summed E-state index contributed by atoms with van der Waals surface area (Å²) < 4.78 is 1.94. The van der Waals surface area contributed by atoms with Crippen LogP contribution in [-0.4, -0.2) is 46.1 Å². The summed E-state index contributed by atoms with van der Waals surface area (Å²) in [6.07, 6.45) is 2.51. The number of nitrogens with zero attached hydrogens (tertiary/aromatic N) is 4. The van der Waals surface area contributed by atoms with Gasteiger partial charge in [-0.05, 0) is 45.5 Å². The summed E-state index contributed by atoms with van der Waals surface area (Å²) in [7, 11) is 6.09. The third kappa shape index (κ3) is 4.10. The van der Waals surface area contributed by atoms with Crippen molar-refractivity contribution >= 4 is 5.91 Å². The normalized spacial score (nSPS) is 17.5. The summed E-state index contributed by atoms with van der Waals surface area (Å²) in [5.41, 5.74) is 4.48. The highest BCUT2D eigenvalue weighted by Crippen LogP contribution is 2.32. The SMILES string of the molecule is Cc1cccc(CC(=O)N2CCC[C@@H]2c2cc(CN(C)C)n(C)n2)c1. The lowest BCUT2D eigenvalue weighted by Crippen LogP contribution is -2.32. The van der Waals surface area contributed by atoms with E-state index in [1.165, 1.54) is 11.3 Å². The molecule has 134 valence electrons. The molecular weight excluding hydrogens is 312 g/mol. The van der Waals surface area contributed by atoms with Crippen LogP contribution in [0.4, 0.5) is 0 Å². The molecule has 3 rings (SSSR count). The highest BCUT2D eigenvalue weighted by molar-refractivity contribution is 5.79. The minimum atomic E-state index is 0.111. The molecule has 0 bridgehead atoms. The van der Waals surface area contributed by atoms with Gasteiger partial charge in [-0.25, -0.2) is 0 Å². The monoisotopic (exact) mass is 340 g/mol. The largest absolute Gasteiger partial charge is 0.334 e. The van der Waals surface area contributed by atoms with Crippen molar-refractivity contribution < 1.29 is 4.79 Å². The van der Waals surface area contributed by atoms with E-state index in [0.717, 1.165) is 37.2 Å². The lowest BCUT2D eigenvalue weighted by atomic mass is 10.1. The number of rotatable bonds is 5. The molecule has 0 aliphatic carbocycles. The number of hydrogen-bond acceptors (Lipinski definition) is 3. The zero-order chi connectivity index (χ0) is 18.0. The van der Waals surface area contributed by atoms with Crippen LogP contribution in [0.25, 0.3) is 0 Å². The van der Waals surface area contributed by atoms with Gasteiger partial charge in [-0.2, -0.15) is 5.10 Å². The summed E-state index contributed by atoms with van der Waals surface area (Å²) in [6.45, 7) is 3.75. The fraction of sp³-hybridized carbons (Fsp3) is 0.500. The Morgan fingerprint density at radius 1 is 1.32 bits per heavy atom. The predicted molar refractivity (Wildman–Crippen MR) is 99.2 cm³/mol. The van der Waals surface area contributed by atoms with Crippen LogP contribution in [0.1, 0.15) is 41.4 Å². The number of amides is 1. The Labute approximate surface area is 150 Å². The van der Waals surface area contributed by atoms with Gasteiger partial charge in [0, 0.05) is 20.1 Å². The molecule has 1 aliphatic heterocycles. The van der Waals surface area contributed by atoms with Crippen LogP contribution >= 0.6 is 0 Å². The molecule has 2 aromatic rings. The van der Waals surface area contributed by atoms with Crippen molar-refractivity contribution in [3.05, 3.63) is 52.8 Å².